The minimum Gasteiger partial charge on any atom is -0.340 e. The molecule has 0 bridgehead atoms. The summed E-state index contributed by atoms with van der Waals surface area (Å²) in [4.78, 5) is 14.5. The standard InChI is InChI=1S/C23H21Cl3N2O3S/c1-27(14-17-6-3-2-4-7-17)23(29)16-28(15-20-21(25)8-5-9-22(20)26)32(30,31)19-12-10-18(24)11-13-19/h2-13H,14-16H2,1H3. The normalized spacial score (nSPS) is 11.5. The summed E-state index contributed by atoms with van der Waals surface area (Å²) >= 11 is 18.5. The number of hydrogen-bond acceptors (Lipinski definition) is 3. The first-order valence-electron chi connectivity index (χ1n) is 9.65. The number of amides is 1. The predicted molar refractivity (Wildman–Crippen MR) is 128 cm³/mol. The third-order valence-electron chi connectivity index (χ3n) is 4.85. The zero-order valence-corrected chi connectivity index (χ0v) is 20.3. The van der Waals surface area contributed by atoms with Crippen molar-refractivity contribution in [3.63, 3.8) is 0 Å². The molecule has 0 heterocycles. The average molecular weight is 512 g/mol. The summed E-state index contributed by atoms with van der Waals surface area (Å²) < 4.78 is 27.9. The second-order valence-electron chi connectivity index (χ2n) is 7.16. The summed E-state index contributed by atoms with van der Waals surface area (Å²) in [6.45, 7) is -0.189. The van der Waals surface area contributed by atoms with Crippen LogP contribution in [0.15, 0.2) is 77.7 Å². The van der Waals surface area contributed by atoms with Gasteiger partial charge in [-0.15, -0.1) is 0 Å². The number of sulfonamides is 1. The summed E-state index contributed by atoms with van der Waals surface area (Å²) in [5.74, 6) is -0.366. The SMILES string of the molecule is CN(Cc1ccccc1)C(=O)CN(Cc1c(Cl)cccc1Cl)S(=O)(=O)c1ccc(Cl)cc1. The highest BCUT2D eigenvalue weighted by Crippen LogP contribution is 2.28. The summed E-state index contributed by atoms with van der Waals surface area (Å²) in [7, 11) is -2.41. The number of likely N-dealkylation sites (N-methyl/N-ethyl adjacent to an activating group) is 1. The van der Waals surface area contributed by atoms with Gasteiger partial charge in [-0.25, -0.2) is 8.42 Å². The van der Waals surface area contributed by atoms with Crippen LogP contribution in [0.1, 0.15) is 11.1 Å². The number of carbonyl (C=O) groups excluding carboxylic acids is 1. The van der Waals surface area contributed by atoms with Crippen molar-refractivity contribution in [3.05, 3.63) is 99.0 Å². The van der Waals surface area contributed by atoms with E-state index in [0.29, 0.717) is 27.2 Å². The van der Waals surface area contributed by atoms with Gasteiger partial charge in [0.2, 0.25) is 15.9 Å². The average Bonchev–Trinajstić information content (AvgIpc) is 2.76. The Morgan fingerprint density at radius 3 is 2.00 bits per heavy atom. The van der Waals surface area contributed by atoms with Gasteiger partial charge in [0.05, 0.1) is 11.4 Å². The van der Waals surface area contributed by atoms with Crippen LogP contribution in [0, 0.1) is 0 Å². The van der Waals surface area contributed by atoms with E-state index in [0.717, 1.165) is 9.87 Å². The number of carbonyl (C=O) groups is 1. The fraction of sp³-hybridized carbons (Fsp3) is 0.174. The van der Waals surface area contributed by atoms with E-state index < -0.39 is 10.0 Å². The Balaban J connectivity index is 1.91. The lowest BCUT2D eigenvalue weighted by molar-refractivity contribution is -0.130. The van der Waals surface area contributed by atoms with Gasteiger partial charge in [-0.1, -0.05) is 71.2 Å². The Bertz CT molecular complexity index is 1170. The molecule has 0 aromatic heterocycles. The molecule has 0 saturated carbocycles. The molecule has 0 aliphatic rings. The molecule has 1 amide bonds. The van der Waals surface area contributed by atoms with Gasteiger partial charge in [-0.3, -0.25) is 4.79 Å². The second kappa shape index (κ2) is 10.7. The Morgan fingerprint density at radius 2 is 1.41 bits per heavy atom. The number of halogens is 3. The van der Waals surface area contributed by atoms with Gasteiger partial charge in [-0.2, -0.15) is 4.31 Å². The van der Waals surface area contributed by atoms with Crippen LogP contribution < -0.4 is 0 Å². The molecule has 9 heteroatoms. The molecule has 168 valence electrons. The molecular weight excluding hydrogens is 491 g/mol. The van der Waals surface area contributed by atoms with Crippen molar-refractivity contribution in [2.45, 2.75) is 18.0 Å². The Kier molecular flexibility index (Phi) is 8.20. The quantitative estimate of drug-likeness (QED) is 0.401. The van der Waals surface area contributed by atoms with E-state index in [4.69, 9.17) is 34.8 Å². The number of benzene rings is 3. The van der Waals surface area contributed by atoms with Crippen LogP contribution in [-0.2, 0) is 27.9 Å². The van der Waals surface area contributed by atoms with E-state index in [1.807, 2.05) is 30.3 Å². The fourth-order valence-corrected chi connectivity index (χ4v) is 5.06. The van der Waals surface area contributed by atoms with Gasteiger partial charge in [0.25, 0.3) is 0 Å². The van der Waals surface area contributed by atoms with Crippen LogP contribution in [0.5, 0.6) is 0 Å². The molecule has 0 fully saturated rings. The van der Waals surface area contributed by atoms with Crippen LogP contribution in [0.25, 0.3) is 0 Å². The molecule has 0 unspecified atom stereocenters. The van der Waals surface area contributed by atoms with Crippen molar-refractivity contribution < 1.29 is 13.2 Å². The first kappa shape index (κ1) is 24.6. The highest BCUT2D eigenvalue weighted by atomic mass is 35.5. The minimum absolute atomic E-state index is 0.0172. The molecule has 0 aliphatic carbocycles. The summed E-state index contributed by atoms with van der Waals surface area (Å²) in [5, 5.41) is 1.04. The van der Waals surface area contributed by atoms with Crippen LogP contribution in [0.2, 0.25) is 15.1 Å². The predicted octanol–water partition coefficient (Wildman–Crippen LogP) is 5.50. The van der Waals surface area contributed by atoms with E-state index in [-0.39, 0.29) is 23.9 Å². The third-order valence-corrected chi connectivity index (χ3v) is 7.61. The molecule has 3 rings (SSSR count). The molecule has 5 nitrogen and oxygen atoms in total. The van der Waals surface area contributed by atoms with E-state index in [1.54, 1.807) is 25.2 Å². The maximum absolute atomic E-state index is 13.4. The molecule has 0 atom stereocenters. The van der Waals surface area contributed by atoms with Crippen molar-refractivity contribution in [2.75, 3.05) is 13.6 Å². The monoisotopic (exact) mass is 510 g/mol. The van der Waals surface area contributed by atoms with Crippen molar-refractivity contribution >= 4 is 50.7 Å². The van der Waals surface area contributed by atoms with Crippen LogP contribution in [0.3, 0.4) is 0 Å². The van der Waals surface area contributed by atoms with Crippen molar-refractivity contribution in [1.82, 2.24) is 9.21 Å². The van der Waals surface area contributed by atoms with Crippen molar-refractivity contribution in [3.8, 4) is 0 Å². The molecular formula is C23H21Cl3N2O3S. The summed E-state index contributed by atoms with van der Waals surface area (Å²) in [6.07, 6.45) is 0. The Morgan fingerprint density at radius 1 is 0.812 bits per heavy atom. The zero-order chi connectivity index (χ0) is 23.3. The van der Waals surface area contributed by atoms with Gasteiger partial charge >= 0.3 is 0 Å². The lowest BCUT2D eigenvalue weighted by atomic mass is 10.2. The maximum atomic E-state index is 13.4. The molecule has 0 radical (unpaired) electrons. The van der Waals surface area contributed by atoms with E-state index >= 15 is 0 Å². The largest absolute Gasteiger partial charge is 0.340 e. The first-order chi connectivity index (χ1) is 15.2. The maximum Gasteiger partial charge on any atom is 0.243 e. The summed E-state index contributed by atoms with van der Waals surface area (Å²) in [6, 6.07) is 20.1. The van der Waals surface area contributed by atoms with Crippen LogP contribution >= 0.6 is 34.8 Å². The van der Waals surface area contributed by atoms with Crippen LogP contribution in [0.4, 0.5) is 0 Å². The van der Waals surface area contributed by atoms with Gasteiger partial charge in [-0.05, 0) is 42.0 Å². The second-order valence-corrected chi connectivity index (χ2v) is 10.4. The highest BCUT2D eigenvalue weighted by molar-refractivity contribution is 7.89. The third kappa shape index (κ3) is 6.03. The van der Waals surface area contributed by atoms with Crippen molar-refractivity contribution in [1.29, 1.82) is 0 Å². The number of hydrogen-bond donors (Lipinski definition) is 0. The summed E-state index contributed by atoms with van der Waals surface area (Å²) in [5.41, 5.74) is 1.36. The molecule has 3 aromatic carbocycles. The lowest BCUT2D eigenvalue weighted by Crippen LogP contribution is -2.41. The highest BCUT2D eigenvalue weighted by Gasteiger charge is 2.29. The van der Waals surface area contributed by atoms with Crippen molar-refractivity contribution in [2.24, 2.45) is 0 Å². The lowest BCUT2D eigenvalue weighted by Gasteiger charge is -2.26. The topological polar surface area (TPSA) is 57.7 Å². The van der Waals surface area contributed by atoms with Gasteiger partial charge in [0.15, 0.2) is 0 Å². The number of nitrogens with zero attached hydrogens (tertiary/aromatic N) is 2. The smallest absolute Gasteiger partial charge is 0.243 e. The molecule has 0 saturated heterocycles. The Labute approximate surface area is 203 Å². The van der Waals surface area contributed by atoms with Crippen LogP contribution in [-0.4, -0.2) is 37.1 Å². The molecule has 32 heavy (non-hydrogen) atoms. The van der Waals surface area contributed by atoms with Gasteiger partial charge < -0.3 is 4.90 Å². The first-order valence-corrected chi connectivity index (χ1v) is 12.2. The molecule has 0 N–H and O–H groups in total. The van der Waals surface area contributed by atoms with E-state index in [9.17, 15) is 13.2 Å². The van der Waals surface area contributed by atoms with E-state index in [1.165, 1.54) is 29.2 Å². The van der Waals surface area contributed by atoms with Gasteiger partial charge in [0.1, 0.15) is 0 Å². The minimum atomic E-state index is -4.04. The Hall–Kier alpha value is -2.09. The number of rotatable bonds is 8. The zero-order valence-electron chi connectivity index (χ0n) is 17.2. The van der Waals surface area contributed by atoms with Gasteiger partial charge in [0, 0.05) is 40.8 Å². The molecule has 0 aliphatic heterocycles. The van der Waals surface area contributed by atoms with E-state index in [2.05, 4.69) is 0 Å². The molecule has 0 spiro atoms. The fourth-order valence-electron chi connectivity index (χ4n) is 3.06. The molecule has 3 aromatic rings.